The first-order valence-corrected chi connectivity index (χ1v) is 11.5. The molecule has 36 heavy (non-hydrogen) atoms. The second-order valence-electron chi connectivity index (χ2n) is 9.04. The normalized spacial score (nSPS) is 18.8. The van der Waals surface area contributed by atoms with E-state index in [1.165, 1.54) is 10.6 Å². The van der Waals surface area contributed by atoms with Crippen LogP contribution in [0.4, 0.5) is 4.39 Å². The summed E-state index contributed by atoms with van der Waals surface area (Å²) in [5.41, 5.74) is 0.663. The number of halogens is 1. The van der Waals surface area contributed by atoms with E-state index in [1.54, 1.807) is 26.0 Å². The SMILES string of the molecule is C=CC(O)C(=O)NCc1c2c(nc3cc(F)c(C)cc13)-c1cc3c(c(=O)n1C2)COC(=O)[C@]3(O)CC. The van der Waals surface area contributed by atoms with Gasteiger partial charge in [0.25, 0.3) is 11.5 Å². The average Bonchev–Trinajstić information content (AvgIpc) is 3.23. The lowest BCUT2D eigenvalue weighted by Gasteiger charge is -2.31. The number of carbonyl (C=O) groups is 2. The zero-order valence-corrected chi connectivity index (χ0v) is 19.7. The molecular weight excluding hydrogens is 469 g/mol. The average molecular weight is 493 g/mol. The van der Waals surface area contributed by atoms with Crippen molar-refractivity contribution in [3.05, 3.63) is 74.8 Å². The Morgan fingerprint density at radius 1 is 1.36 bits per heavy atom. The Balaban J connectivity index is 1.74. The van der Waals surface area contributed by atoms with E-state index in [0.717, 1.165) is 6.08 Å². The Morgan fingerprint density at radius 2 is 2.11 bits per heavy atom. The highest BCUT2D eigenvalue weighted by Crippen LogP contribution is 2.40. The summed E-state index contributed by atoms with van der Waals surface area (Å²) in [5, 5.41) is 24.1. The molecule has 3 aromatic rings. The number of benzene rings is 1. The fourth-order valence-corrected chi connectivity index (χ4v) is 4.88. The van der Waals surface area contributed by atoms with Gasteiger partial charge in [-0.3, -0.25) is 9.59 Å². The number of rotatable bonds is 5. The maximum atomic E-state index is 14.5. The molecular formula is C26H24FN3O6. The van der Waals surface area contributed by atoms with E-state index in [4.69, 9.17) is 4.74 Å². The Labute approximate surface area is 204 Å². The maximum absolute atomic E-state index is 14.5. The highest BCUT2D eigenvalue weighted by Gasteiger charge is 2.45. The number of pyridine rings is 2. The van der Waals surface area contributed by atoms with Crippen LogP contribution in [-0.4, -0.2) is 37.7 Å². The predicted octanol–water partition coefficient (Wildman–Crippen LogP) is 1.69. The standard InChI is InChI=1S/C26H24FN3O6/c1-4-21(31)23(32)28-9-14-13-6-12(3)18(27)8-19(13)29-22-15(14)10-30-20(22)7-17-16(24(30)33)11-36-25(34)26(17,35)5-2/h4,6-8,21,31,35H,1,5,9-11H2,2-3H3,(H,28,32)/t21?,26-/m0/s1. The lowest BCUT2D eigenvalue weighted by Crippen LogP contribution is -2.44. The number of aliphatic hydroxyl groups excluding tert-OH is 1. The summed E-state index contributed by atoms with van der Waals surface area (Å²) in [6.45, 7) is 6.48. The van der Waals surface area contributed by atoms with Gasteiger partial charge in [-0.15, -0.1) is 0 Å². The highest BCUT2D eigenvalue weighted by molar-refractivity contribution is 5.90. The number of amides is 1. The molecule has 5 rings (SSSR count). The molecule has 0 aliphatic carbocycles. The van der Waals surface area contributed by atoms with Crippen LogP contribution >= 0.6 is 0 Å². The smallest absolute Gasteiger partial charge is 0.343 e. The number of esters is 1. The summed E-state index contributed by atoms with van der Waals surface area (Å²) in [7, 11) is 0. The lowest BCUT2D eigenvalue weighted by atomic mass is 9.86. The molecule has 0 saturated heterocycles. The van der Waals surface area contributed by atoms with E-state index in [-0.39, 0.29) is 37.2 Å². The molecule has 0 fully saturated rings. The monoisotopic (exact) mass is 493 g/mol. The van der Waals surface area contributed by atoms with Gasteiger partial charge in [-0.05, 0) is 36.6 Å². The number of cyclic esters (lactones) is 1. The van der Waals surface area contributed by atoms with Crippen LogP contribution in [-0.2, 0) is 39.6 Å². The fourth-order valence-electron chi connectivity index (χ4n) is 4.88. The summed E-state index contributed by atoms with van der Waals surface area (Å²) in [6.07, 6.45) is -0.295. The molecule has 4 heterocycles. The molecule has 2 atom stereocenters. The first-order chi connectivity index (χ1) is 17.1. The fraction of sp³-hybridized carbons (Fsp3) is 0.308. The van der Waals surface area contributed by atoms with Crippen molar-refractivity contribution in [2.45, 2.75) is 51.7 Å². The summed E-state index contributed by atoms with van der Waals surface area (Å²) < 4.78 is 21.1. The minimum Gasteiger partial charge on any atom is -0.458 e. The Bertz CT molecular complexity index is 1550. The van der Waals surface area contributed by atoms with Crippen LogP contribution in [0.25, 0.3) is 22.3 Å². The Morgan fingerprint density at radius 3 is 2.81 bits per heavy atom. The van der Waals surface area contributed by atoms with Crippen molar-refractivity contribution in [3.8, 4) is 11.4 Å². The topological polar surface area (TPSA) is 131 Å². The zero-order valence-electron chi connectivity index (χ0n) is 19.7. The van der Waals surface area contributed by atoms with Gasteiger partial charge in [0.2, 0.25) is 0 Å². The number of nitrogens with one attached hydrogen (secondary N) is 1. The number of aromatic nitrogens is 2. The molecule has 0 radical (unpaired) electrons. The largest absolute Gasteiger partial charge is 0.458 e. The number of hydrogen-bond acceptors (Lipinski definition) is 7. The van der Waals surface area contributed by atoms with Crippen LogP contribution in [0.15, 0.2) is 35.6 Å². The van der Waals surface area contributed by atoms with E-state index in [9.17, 15) is 29.0 Å². The lowest BCUT2D eigenvalue weighted by molar-refractivity contribution is -0.172. The van der Waals surface area contributed by atoms with E-state index >= 15 is 0 Å². The van der Waals surface area contributed by atoms with Gasteiger partial charge in [0, 0.05) is 29.1 Å². The van der Waals surface area contributed by atoms with Crippen molar-refractivity contribution in [1.82, 2.24) is 14.9 Å². The van der Waals surface area contributed by atoms with E-state index in [0.29, 0.717) is 39.0 Å². The van der Waals surface area contributed by atoms with Gasteiger partial charge in [-0.25, -0.2) is 14.2 Å². The molecule has 2 aromatic heterocycles. The van der Waals surface area contributed by atoms with E-state index in [1.807, 2.05) is 0 Å². The third kappa shape index (κ3) is 3.36. The van der Waals surface area contributed by atoms with Crippen LogP contribution in [0, 0.1) is 12.7 Å². The number of hydrogen-bond donors (Lipinski definition) is 3. The second-order valence-corrected chi connectivity index (χ2v) is 9.04. The molecule has 2 aliphatic heterocycles. The predicted molar refractivity (Wildman–Crippen MR) is 127 cm³/mol. The number of aryl methyl sites for hydroxylation is 1. The Hall–Kier alpha value is -3.89. The van der Waals surface area contributed by atoms with E-state index < -0.39 is 35.0 Å². The minimum absolute atomic E-state index is 0.00708. The third-order valence-electron chi connectivity index (χ3n) is 7.02. The van der Waals surface area contributed by atoms with Crippen LogP contribution < -0.4 is 10.9 Å². The molecule has 3 N–H and O–H groups in total. The number of fused-ring (bicyclic) bond motifs is 5. The quantitative estimate of drug-likeness (QED) is 0.285. The molecule has 1 amide bonds. The summed E-state index contributed by atoms with van der Waals surface area (Å²) in [6, 6.07) is 4.48. The number of ether oxygens (including phenoxy) is 1. The first-order valence-electron chi connectivity index (χ1n) is 11.5. The number of aliphatic hydroxyl groups is 2. The Kier molecular flexibility index (Phi) is 5.53. The van der Waals surface area contributed by atoms with Crippen LogP contribution in [0.3, 0.4) is 0 Å². The molecule has 186 valence electrons. The van der Waals surface area contributed by atoms with Crippen molar-refractivity contribution in [3.63, 3.8) is 0 Å². The van der Waals surface area contributed by atoms with Crippen molar-refractivity contribution in [2.75, 3.05) is 0 Å². The van der Waals surface area contributed by atoms with Crippen molar-refractivity contribution in [2.24, 2.45) is 0 Å². The molecule has 2 aliphatic rings. The maximum Gasteiger partial charge on any atom is 0.343 e. The van der Waals surface area contributed by atoms with E-state index in [2.05, 4.69) is 16.9 Å². The van der Waals surface area contributed by atoms with Crippen molar-refractivity contribution in [1.29, 1.82) is 0 Å². The molecule has 0 spiro atoms. The van der Waals surface area contributed by atoms with Gasteiger partial charge in [0.05, 0.1) is 29.0 Å². The molecule has 9 nitrogen and oxygen atoms in total. The van der Waals surface area contributed by atoms with Crippen molar-refractivity contribution < 1.29 is 28.9 Å². The number of carbonyl (C=O) groups excluding carboxylic acids is 2. The zero-order chi connectivity index (χ0) is 25.9. The van der Waals surface area contributed by atoms with Gasteiger partial charge < -0.3 is 24.8 Å². The minimum atomic E-state index is -1.97. The second kappa shape index (κ2) is 8.35. The molecule has 10 heteroatoms. The molecule has 0 saturated carbocycles. The van der Waals surface area contributed by atoms with Crippen LogP contribution in [0.2, 0.25) is 0 Å². The number of nitrogens with zero attached hydrogens (tertiary/aromatic N) is 2. The van der Waals surface area contributed by atoms with Gasteiger partial charge in [-0.2, -0.15) is 0 Å². The summed E-state index contributed by atoms with van der Waals surface area (Å²) >= 11 is 0. The first kappa shape index (κ1) is 23.8. The van der Waals surface area contributed by atoms with Gasteiger partial charge in [0.15, 0.2) is 11.7 Å². The summed E-state index contributed by atoms with van der Waals surface area (Å²) in [5.74, 6) is -1.95. The molecule has 1 aromatic carbocycles. The van der Waals surface area contributed by atoms with Crippen LogP contribution in [0.5, 0.6) is 0 Å². The third-order valence-corrected chi connectivity index (χ3v) is 7.02. The van der Waals surface area contributed by atoms with Gasteiger partial charge in [-0.1, -0.05) is 19.6 Å². The van der Waals surface area contributed by atoms with Crippen molar-refractivity contribution >= 4 is 22.8 Å². The van der Waals surface area contributed by atoms with Gasteiger partial charge >= 0.3 is 5.97 Å². The van der Waals surface area contributed by atoms with Crippen LogP contribution in [0.1, 0.15) is 41.2 Å². The summed E-state index contributed by atoms with van der Waals surface area (Å²) in [4.78, 5) is 42.7. The molecule has 0 bridgehead atoms. The van der Waals surface area contributed by atoms with Gasteiger partial charge in [0.1, 0.15) is 12.4 Å². The molecule has 1 unspecified atom stereocenters. The highest BCUT2D eigenvalue weighted by atomic mass is 19.1.